The van der Waals surface area contributed by atoms with Crippen molar-refractivity contribution in [1.29, 1.82) is 0 Å². The van der Waals surface area contributed by atoms with Crippen LogP contribution in [0.1, 0.15) is 189 Å². The largest absolute Gasteiger partial charge is 0.378 e. The van der Waals surface area contributed by atoms with Crippen LogP contribution in [0.15, 0.2) is 36.0 Å². The maximum absolute atomic E-state index is 6.55. The molecule has 0 aliphatic heterocycles. The van der Waals surface area contributed by atoms with Gasteiger partial charge in [-0.2, -0.15) is 0 Å². The molecule has 0 saturated heterocycles. The molecule has 0 spiro atoms. The molecule has 0 aromatic rings. The molecule has 0 aromatic carbocycles. The number of hydrogen-bond acceptors (Lipinski definition) is 1. The zero-order valence-electron chi connectivity index (χ0n) is 31.8. The molecule has 8 atom stereocenters. The van der Waals surface area contributed by atoms with Crippen molar-refractivity contribution in [3.05, 3.63) is 36.0 Å². The van der Waals surface area contributed by atoms with Crippen LogP contribution >= 0.6 is 0 Å². The predicted molar refractivity (Wildman–Crippen MR) is 202 cm³/mol. The molecular weight excluding hydrogens is 556 g/mol. The number of allylic oxidation sites excluding steroid dienone is 5. The normalized spacial score (nSPS) is 33.4. The van der Waals surface area contributed by atoms with Crippen molar-refractivity contribution in [2.24, 2.45) is 46.3 Å². The summed E-state index contributed by atoms with van der Waals surface area (Å²) in [7, 11) is 0. The summed E-state index contributed by atoms with van der Waals surface area (Å²) in [4.78, 5) is 0. The van der Waals surface area contributed by atoms with Crippen molar-refractivity contribution in [2.75, 3.05) is 6.61 Å². The van der Waals surface area contributed by atoms with E-state index >= 15 is 0 Å². The Hall–Kier alpha value is -0.820. The highest BCUT2D eigenvalue weighted by Crippen LogP contribution is 2.67. The maximum Gasteiger partial charge on any atom is 0.0612 e. The fraction of sp³-hybridized carbons (Fsp3) is 0.867. The third-order valence-electron chi connectivity index (χ3n) is 14.0. The smallest absolute Gasteiger partial charge is 0.0612 e. The van der Waals surface area contributed by atoms with Gasteiger partial charge in [0, 0.05) is 6.61 Å². The summed E-state index contributed by atoms with van der Waals surface area (Å²) in [5, 5.41) is 0. The van der Waals surface area contributed by atoms with Gasteiger partial charge in [-0.1, -0.05) is 135 Å². The molecule has 4 aliphatic rings. The van der Waals surface area contributed by atoms with Gasteiger partial charge in [0.1, 0.15) is 0 Å². The summed E-state index contributed by atoms with van der Waals surface area (Å²) in [5.41, 5.74) is 2.84. The molecule has 0 heterocycles. The van der Waals surface area contributed by atoms with Gasteiger partial charge in [0.25, 0.3) is 0 Å². The van der Waals surface area contributed by atoms with E-state index in [-0.39, 0.29) is 0 Å². The van der Waals surface area contributed by atoms with Gasteiger partial charge in [-0.15, -0.1) is 0 Å². The van der Waals surface area contributed by atoms with Crippen molar-refractivity contribution >= 4 is 0 Å². The van der Waals surface area contributed by atoms with Crippen molar-refractivity contribution in [3.63, 3.8) is 0 Å². The first-order valence-corrected chi connectivity index (χ1v) is 20.9. The summed E-state index contributed by atoms with van der Waals surface area (Å²) in [6.07, 6.45) is 44.0. The average Bonchev–Trinajstić information content (AvgIpc) is 3.39. The topological polar surface area (TPSA) is 9.23 Å². The lowest BCUT2D eigenvalue weighted by Crippen LogP contribution is -2.51. The van der Waals surface area contributed by atoms with Crippen LogP contribution in [0.4, 0.5) is 0 Å². The van der Waals surface area contributed by atoms with E-state index in [0.717, 1.165) is 48.5 Å². The van der Waals surface area contributed by atoms with E-state index in [2.05, 4.69) is 71.9 Å². The Balaban J connectivity index is 1.10. The fourth-order valence-corrected chi connectivity index (χ4v) is 11.1. The molecule has 1 nitrogen and oxygen atoms in total. The highest BCUT2D eigenvalue weighted by molar-refractivity contribution is 5.25. The lowest BCUT2D eigenvalue weighted by atomic mass is 9.47. The quantitative estimate of drug-likeness (QED) is 0.0901. The minimum absolute atomic E-state index is 0.450. The van der Waals surface area contributed by atoms with E-state index in [4.69, 9.17) is 4.74 Å². The number of rotatable bonds is 21. The van der Waals surface area contributed by atoms with Gasteiger partial charge < -0.3 is 4.74 Å². The minimum Gasteiger partial charge on any atom is -0.378 e. The lowest BCUT2D eigenvalue weighted by molar-refractivity contribution is -0.0641. The third kappa shape index (κ3) is 10.3. The highest BCUT2D eigenvalue weighted by Gasteiger charge is 2.59. The van der Waals surface area contributed by atoms with Crippen LogP contribution in [0.5, 0.6) is 0 Å². The van der Waals surface area contributed by atoms with E-state index in [1.807, 2.05) is 0 Å². The first kappa shape index (κ1) is 38.0. The molecule has 0 bridgehead atoms. The summed E-state index contributed by atoms with van der Waals surface area (Å²) >= 11 is 0. The maximum atomic E-state index is 6.55. The molecule has 0 amide bonds. The Labute approximate surface area is 288 Å². The Morgan fingerprint density at radius 3 is 2.22 bits per heavy atom. The van der Waals surface area contributed by atoms with Gasteiger partial charge >= 0.3 is 0 Å². The van der Waals surface area contributed by atoms with E-state index in [1.54, 1.807) is 5.57 Å². The molecule has 1 heteroatoms. The zero-order chi connectivity index (χ0) is 32.8. The van der Waals surface area contributed by atoms with Gasteiger partial charge in [0.2, 0.25) is 0 Å². The average molecular weight is 635 g/mol. The molecule has 0 aromatic heterocycles. The molecule has 1 unspecified atom stereocenters. The highest BCUT2D eigenvalue weighted by atomic mass is 16.5. The molecule has 264 valence electrons. The Morgan fingerprint density at radius 2 is 1.48 bits per heavy atom. The second-order valence-corrected chi connectivity index (χ2v) is 17.6. The lowest BCUT2D eigenvalue weighted by Gasteiger charge is -2.58. The molecule has 4 rings (SSSR count). The molecule has 46 heavy (non-hydrogen) atoms. The van der Waals surface area contributed by atoms with Gasteiger partial charge in [-0.25, -0.2) is 0 Å². The van der Waals surface area contributed by atoms with Crippen LogP contribution in [0.25, 0.3) is 0 Å². The van der Waals surface area contributed by atoms with Crippen LogP contribution in [0, 0.1) is 46.3 Å². The first-order valence-electron chi connectivity index (χ1n) is 20.9. The van der Waals surface area contributed by atoms with Gasteiger partial charge in [-0.3, -0.25) is 0 Å². The Morgan fingerprint density at radius 1 is 0.761 bits per heavy atom. The van der Waals surface area contributed by atoms with Gasteiger partial charge in [0.15, 0.2) is 0 Å². The van der Waals surface area contributed by atoms with Gasteiger partial charge in [0.05, 0.1) is 6.10 Å². The van der Waals surface area contributed by atoms with Crippen LogP contribution in [0.3, 0.4) is 0 Å². The summed E-state index contributed by atoms with van der Waals surface area (Å²) in [5.74, 6) is 5.57. The molecule has 3 saturated carbocycles. The van der Waals surface area contributed by atoms with Gasteiger partial charge in [-0.05, 0) is 136 Å². The number of hydrogen-bond donors (Lipinski definition) is 0. The molecule has 0 N–H and O–H groups in total. The second kappa shape index (κ2) is 19.4. The van der Waals surface area contributed by atoms with E-state index in [0.29, 0.717) is 16.9 Å². The van der Waals surface area contributed by atoms with Crippen molar-refractivity contribution in [3.8, 4) is 0 Å². The summed E-state index contributed by atoms with van der Waals surface area (Å²) < 4.78 is 6.55. The van der Waals surface area contributed by atoms with Crippen LogP contribution in [-0.4, -0.2) is 12.7 Å². The van der Waals surface area contributed by atoms with Crippen molar-refractivity contribution in [1.82, 2.24) is 0 Å². The predicted octanol–water partition coefficient (Wildman–Crippen LogP) is 14.2. The molecular formula is C45H78O. The third-order valence-corrected chi connectivity index (χ3v) is 14.0. The molecule has 3 fully saturated rings. The van der Waals surface area contributed by atoms with Crippen LogP contribution in [-0.2, 0) is 4.74 Å². The SMILES string of the molecule is CCCCC/C=C\C/C=C\CCCCCCCCOC1CC[C@@]2(C)C(=CC[C@H]3[C@@H]4CC[C@H]([C@H](C)CCCC(C)C)[C@@]4(C)CC[C@@H]32)C1. The first-order chi connectivity index (χ1) is 22.3. The van der Waals surface area contributed by atoms with Crippen LogP contribution in [0.2, 0.25) is 0 Å². The number of unbranched alkanes of at least 4 members (excludes halogenated alkanes) is 9. The van der Waals surface area contributed by atoms with Crippen LogP contribution < -0.4 is 0 Å². The molecule has 4 aliphatic carbocycles. The second-order valence-electron chi connectivity index (χ2n) is 17.6. The standard InChI is InChI=1S/C45H78O/c1-7-8-9-10-11-12-13-14-15-16-17-18-19-20-21-22-34-46-39-30-32-44(5)38(35-39)26-27-40-42-29-28-41(37(4)25-23-24-36(2)3)45(42,6)33-31-43(40)44/h11-12,14-15,26,36-37,39-43H,7-10,13,16-25,27-35H2,1-6H3/b12-11-,15-14-/t37-,39?,40+,41-,42+,43+,44+,45-/m1/s1. The van der Waals surface area contributed by atoms with E-state index in [9.17, 15) is 0 Å². The summed E-state index contributed by atoms with van der Waals surface area (Å²) in [6, 6.07) is 0. The Kier molecular flexibility index (Phi) is 16.0. The Bertz CT molecular complexity index is 941. The van der Waals surface area contributed by atoms with E-state index < -0.39 is 0 Å². The fourth-order valence-electron chi connectivity index (χ4n) is 11.1. The number of fused-ring (bicyclic) bond motifs is 5. The zero-order valence-corrected chi connectivity index (χ0v) is 31.8. The minimum atomic E-state index is 0.450. The summed E-state index contributed by atoms with van der Waals surface area (Å²) in [6.45, 7) is 16.1. The van der Waals surface area contributed by atoms with Crippen molar-refractivity contribution < 1.29 is 4.74 Å². The molecule has 0 radical (unpaired) electrons. The monoisotopic (exact) mass is 635 g/mol. The van der Waals surface area contributed by atoms with Crippen molar-refractivity contribution in [2.45, 2.75) is 195 Å². The van der Waals surface area contributed by atoms with E-state index in [1.165, 1.54) is 141 Å². The number of ether oxygens (including phenoxy) is 1.